The zero-order chi connectivity index (χ0) is 17.4. The molecule has 1 aromatic carbocycles. The maximum atomic E-state index is 12.0. The van der Waals surface area contributed by atoms with E-state index in [0.717, 1.165) is 18.4 Å². The van der Waals surface area contributed by atoms with Crippen LogP contribution in [0.3, 0.4) is 0 Å². The highest BCUT2D eigenvalue weighted by atomic mass is 16.6. The predicted molar refractivity (Wildman–Crippen MR) is 89.2 cm³/mol. The van der Waals surface area contributed by atoms with Crippen LogP contribution in [0.1, 0.15) is 39.2 Å². The van der Waals surface area contributed by atoms with Gasteiger partial charge in [-0.05, 0) is 39.2 Å². The van der Waals surface area contributed by atoms with Gasteiger partial charge in [0.1, 0.15) is 12.2 Å². The van der Waals surface area contributed by atoms with Crippen LogP contribution in [0, 0.1) is 11.3 Å². The molecule has 5 heteroatoms. The van der Waals surface area contributed by atoms with E-state index in [4.69, 9.17) is 9.47 Å². The summed E-state index contributed by atoms with van der Waals surface area (Å²) in [6, 6.07) is 9.65. The Morgan fingerprint density at radius 3 is 2.38 bits per heavy atom. The van der Waals surface area contributed by atoms with Gasteiger partial charge in [-0.1, -0.05) is 30.3 Å². The number of hydrogen-bond acceptors (Lipinski definition) is 4. The smallest absolute Gasteiger partial charge is 0.410 e. The molecule has 1 heterocycles. The largest absolute Gasteiger partial charge is 0.460 e. The molecule has 1 aliphatic heterocycles. The fourth-order valence-corrected chi connectivity index (χ4v) is 3.50. The summed E-state index contributed by atoms with van der Waals surface area (Å²) in [5.41, 5.74) is 0.648. The summed E-state index contributed by atoms with van der Waals surface area (Å²) < 4.78 is 10.8. The molecule has 0 atom stereocenters. The minimum absolute atomic E-state index is 0.0216. The van der Waals surface area contributed by atoms with E-state index < -0.39 is 5.60 Å². The fourth-order valence-electron chi connectivity index (χ4n) is 3.50. The molecule has 1 saturated carbocycles. The van der Waals surface area contributed by atoms with Crippen molar-refractivity contribution in [2.45, 2.75) is 45.8 Å². The first-order valence-electron chi connectivity index (χ1n) is 8.45. The zero-order valence-corrected chi connectivity index (χ0v) is 14.6. The SMILES string of the molecule is CC(C)(C)OC(=O)C1CC2(C1)CN(C(=O)OCc1ccccc1)C2. The average molecular weight is 331 g/mol. The molecule has 3 rings (SSSR count). The molecule has 2 aliphatic rings. The predicted octanol–water partition coefficient (Wildman–Crippen LogP) is 3.38. The van der Waals surface area contributed by atoms with Crippen LogP contribution >= 0.6 is 0 Å². The van der Waals surface area contributed by atoms with Crippen LogP contribution in [0.4, 0.5) is 4.79 Å². The van der Waals surface area contributed by atoms with E-state index in [1.807, 2.05) is 51.1 Å². The van der Waals surface area contributed by atoms with Crippen molar-refractivity contribution in [3.8, 4) is 0 Å². The second kappa shape index (κ2) is 6.11. The lowest BCUT2D eigenvalue weighted by molar-refractivity contribution is -0.175. The lowest BCUT2D eigenvalue weighted by Gasteiger charge is -2.57. The molecule has 1 saturated heterocycles. The van der Waals surface area contributed by atoms with Gasteiger partial charge in [-0.15, -0.1) is 0 Å². The van der Waals surface area contributed by atoms with E-state index in [0.29, 0.717) is 19.7 Å². The van der Waals surface area contributed by atoms with Crippen molar-refractivity contribution in [2.24, 2.45) is 11.3 Å². The Morgan fingerprint density at radius 2 is 1.79 bits per heavy atom. The van der Waals surface area contributed by atoms with Gasteiger partial charge in [0, 0.05) is 18.5 Å². The molecule has 24 heavy (non-hydrogen) atoms. The standard InChI is InChI=1S/C19H25NO4/c1-18(2,3)24-16(21)15-9-19(10-15)12-20(13-19)17(22)23-11-14-7-5-4-6-8-14/h4-8,15H,9-13H2,1-3H3. The van der Waals surface area contributed by atoms with Crippen molar-refractivity contribution in [3.05, 3.63) is 35.9 Å². The van der Waals surface area contributed by atoms with Gasteiger partial charge >= 0.3 is 12.1 Å². The third kappa shape index (κ3) is 3.71. The Kier molecular flexibility index (Phi) is 4.28. The molecule has 130 valence electrons. The Bertz CT molecular complexity index is 606. The second-order valence-corrected chi connectivity index (χ2v) is 8.03. The van der Waals surface area contributed by atoms with Gasteiger partial charge in [0.05, 0.1) is 5.92 Å². The number of hydrogen-bond donors (Lipinski definition) is 0. The molecule has 0 radical (unpaired) electrons. The number of esters is 1. The van der Waals surface area contributed by atoms with Gasteiger partial charge in [-0.2, -0.15) is 0 Å². The van der Waals surface area contributed by atoms with E-state index in [-0.39, 0.29) is 23.4 Å². The number of benzene rings is 1. The van der Waals surface area contributed by atoms with Crippen LogP contribution in [-0.2, 0) is 20.9 Å². The maximum absolute atomic E-state index is 12.0. The highest BCUT2D eigenvalue weighted by Gasteiger charge is 2.56. The molecular weight excluding hydrogens is 306 g/mol. The van der Waals surface area contributed by atoms with Crippen LogP contribution < -0.4 is 0 Å². The Labute approximate surface area is 142 Å². The van der Waals surface area contributed by atoms with E-state index in [2.05, 4.69) is 0 Å². The summed E-state index contributed by atoms with van der Waals surface area (Å²) >= 11 is 0. The maximum Gasteiger partial charge on any atom is 0.410 e. The van der Waals surface area contributed by atoms with Gasteiger partial charge in [-0.3, -0.25) is 4.79 Å². The van der Waals surface area contributed by atoms with Crippen LogP contribution in [0.5, 0.6) is 0 Å². The van der Waals surface area contributed by atoms with Gasteiger partial charge in [0.15, 0.2) is 0 Å². The number of nitrogens with zero attached hydrogens (tertiary/aromatic N) is 1. The molecule has 1 spiro atoms. The molecule has 0 aromatic heterocycles. The molecule has 1 aliphatic carbocycles. The first-order valence-corrected chi connectivity index (χ1v) is 8.45. The molecule has 0 bridgehead atoms. The normalized spacial score (nSPS) is 19.4. The van der Waals surface area contributed by atoms with Crippen LogP contribution in [0.15, 0.2) is 30.3 Å². The van der Waals surface area contributed by atoms with Crippen molar-refractivity contribution in [1.29, 1.82) is 0 Å². The third-order valence-electron chi connectivity index (χ3n) is 4.61. The minimum Gasteiger partial charge on any atom is -0.460 e. The number of carbonyl (C=O) groups is 2. The Hall–Kier alpha value is -2.04. The van der Waals surface area contributed by atoms with Crippen LogP contribution in [0.2, 0.25) is 0 Å². The molecule has 1 amide bonds. The summed E-state index contributed by atoms with van der Waals surface area (Å²) in [4.78, 5) is 25.8. The molecular formula is C19H25NO4. The summed E-state index contributed by atoms with van der Waals surface area (Å²) in [7, 11) is 0. The van der Waals surface area contributed by atoms with Gasteiger partial charge in [-0.25, -0.2) is 4.79 Å². The van der Waals surface area contributed by atoms with Crippen molar-refractivity contribution < 1.29 is 19.1 Å². The van der Waals surface area contributed by atoms with Gasteiger partial charge < -0.3 is 14.4 Å². The number of rotatable bonds is 3. The molecule has 0 N–H and O–H groups in total. The number of ether oxygens (including phenoxy) is 2. The fraction of sp³-hybridized carbons (Fsp3) is 0.579. The molecule has 1 aromatic rings. The minimum atomic E-state index is -0.438. The average Bonchev–Trinajstić information content (AvgIpc) is 2.41. The summed E-state index contributed by atoms with van der Waals surface area (Å²) in [5.74, 6) is -0.134. The summed E-state index contributed by atoms with van der Waals surface area (Å²) in [6.07, 6.45) is 1.35. The van der Waals surface area contributed by atoms with Crippen molar-refractivity contribution >= 4 is 12.1 Å². The van der Waals surface area contributed by atoms with Crippen molar-refractivity contribution in [2.75, 3.05) is 13.1 Å². The summed E-state index contributed by atoms with van der Waals surface area (Å²) in [6.45, 7) is 7.30. The molecule has 0 unspecified atom stereocenters. The number of amides is 1. The Morgan fingerprint density at radius 1 is 1.17 bits per heavy atom. The molecule has 2 fully saturated rings. The molecule has 5 nitrogen and oxygen atoms in total. The van der Waals surface area contributed by atoms with Crippen molar-refractivity contribution in [1.82, 2.24) is 4.90 Å². The van der Waals surface area contributed by atoms with Crippen molar-refractivity contribution in [3.63, 3.8) is 0 Å². The quantitative estimate of drug-likeness (QED) is 0.797. The van der Waals surface area contributed by atoms with E-state index in [1.54, 1.807) is 4.90 Å². The van der Waals surface area contributed by atoms with E-state index >= 15 is 0 Å². The second-order valence-electron chi connectivity index (χ2n) is 8.03. The van der Waals surface area contributed by atoms with Gasteiger partial charge in [0.2, 0.25) is 0 Å². The monoisotopic (exact) mass is 331 g/mol. The lowest BCUT2D eigenvalue weighted by atomic mass is 9.58. The first kappa shape index (κ1) is 16.8. The lowest BCUT2D eigenvalue weighted by Crippen LogP contribution is -2.64. The summed E-state index contributed by atoms with van der Waals surface area (Å²) in [5, 5.41) is 0. The number of likely N-dealkylation sites (tertiary alicyclic amines) is 1. The Balaban J connectivity index is 1.39. The van der Waals surface area contributed by atoms with Crippen LogP contribution in [-0.4, -0.2) is 35.7 Å². The van der Waals surface area contributed by atoms with E-state index in [9.17, 15) is 9.59 Å². The highest BCUT2D eigenvalue weighted by molar-refractivity contribution is 5.75. The van der Waals surface area contributed by atoms with E-state index in [1.165, 1.54) is 0 Å². The third-order valence-corrected chi connectivity index (χ3v) is 4.61. The zero-order valence-electron chi connectivity index (χ0n) is 14.6. The highest BCUT2D eigenvalue weighted by Crippen LogP contribution is 2.52. The van der Waals surface area contributed by atoms with Crippen LogP contribution in [0.25, 0.3) is 0 Å². The number of carbonyl (C=O) groups excluding carboxylic acids is 2. The topological polar surface area (TPSA) is 55.8 Å². The van der Waals surface area contributed by atoms with Gasteiger partial charge in [0.25, 0.3) is 0 Å². The first-order chi connectivity index (χ1) is 11.3.